The average molecular weight is 398 g/mol. The third-order valence-electron chi connectivity index (χ3n) is 4.25. The van der Waals surface area contributed by atoms with Crippen LogP contribution in [0.3, 0.4) is 0 Å². The highest BCUT2D eigenvalue weighted by atomic mass is 19.2. The third-order valence-corrected chi connectivity index (χ3v) is 4.25. The normalized spacial score (nSPS) is 12.2. The zero-order chi connectivity index (χ0) is 21.0. The highest BCUT2D eigenvalue weighted by Crippen LogP contribution is 2.25. The molecule has 0 aliphatic carbocycles. The topological polar surface area (TPSA) is 0 Å². The fourth-order valence-electron chi connectivity index (χ4n) is 2.67. The Kier molecular flexibility index (Phi) is 6.07. The molecular formula is C24H15F5. The lowest BCUT2D eigenvalue weighted by molar-refractivity contribution is 0.448. The monoisotopic (exact) mass is 398 g/mol. The Morgan fingerprint density at radius 1 is 0.690 bits per heavy atom. The molecule has 0 spiro atoms. The molecule has 0 heterocycles. The molecule has 0 aliphatic rings. The van der Waals surface area contributed by atoms with Crippen molar-refractivity contribution in [3.8, 4) is 11.1 Å². The van der Waals surface area contributed by atoms with Gasteiger partial charge in [-0.2, -0.15) is 0 Å². The van der Waals surface area contributed by atoms with Gasteiger partial charge < -0.3 is 0 Å². The van der Waals surface area contributed by atoms with Gasteiger partial charge in [-0.05, 0) is 40.5 Å². The molecule has 0 aromatic heterocycles. The van der Waals surface area contributed by atoms with Crippen LogP contribution in [0.4, 0.5) is 22.0 Å². The summed E-state index contributed by atoms with van der Waals surface area (Å²) in [5.74, 6) is -5.98. The van der Waals surface area contributed by atoms with E-state index in [0.29, 0.717) is 5.56 Å². The van der Waals surface area contributed by atoms with Crippen molar-refractivity contribution < 1.29 is 22.0 Å². The first kappa shape index (κ1) is 20.3. The zero-order valence-electron chi connectivity index (χ0n) is 15.1. The van der Waals surface area contributed by atoms with E-state index in [-0.39, 0.29) is 11.1 Å². The van der Waals surface area contributed by atoms with Crippen LogP contribution >= 0.6 is 0 Å². The summed E-state index contributed by atoms with van der Waals surface area (Å²) in [5.41, 5.74) is 2.46. The molecule has 0 saturated heterocycles. The maximum atomic E-state index is 13.7. The van der Waals surface area contributed by atoms with Gasteiger partial charge in [0, 0.05) is 5.56 Å². The van der Waals surface area contributed by atoms with Crippen LogP contribution in [-0.4, -0.2) is 0 Å². The molecule has 0 fully saturated rings. The molecule has 0 aliphatic heterocycles. The van der Waals surface area contributed by atoms with Gasteiger partial charge in [-0.1, -0.05) is 67.3 Å². The van der Waals surface area contributed by atoms with Crippen molar-refractivity contribution in [1.82, 2.24) is 0 Å². The van der Waals surface area contributed by atoms with E-state index in [1.165, 1.54) is 12.1 Å². The highest BCUT2D eigenvalue weighted by molar-refractivity contribution is 5.73. The standard InChI is InChI=1S/C24H15F5/c1-2-20(25)23(28)18-11-7-16(8-12-18)4-3-15-5-9-17(10-6-15)19-13-21(26)24(29)22(27)14-19/h2-14H,1H2/b4-3+,23-20+. The van der Waals surface area contributed by atoms with Crippen LogP contribution in [0.15, 0.2) is 79.1 Å². The lowest BCUT2D eigenvalue weighted by atomic mass is 10.0. The first-order valence-corrected chi connectivity index (χ1v) is 8.60. The Hall–Kier alpha value is -3.47. The fraction of sp³-hybridized carbons (Fsp3) is 0. The number of halogens is 5. The third kappa shape index (κ3) is 4.69. The second-order valence-corrected chi connectivity index (χ2v) is 6.20. The van der Waals surface area contributed by atoms with Crippen molar-refractivity contribution in [2.75, 3.05) is 0 Å². The smallest absolute Gasteiger partial charge is 0.194 e. The summed E-state index contributed by atoms with van der Waals surface area (Å²) >= 11 is 0. The molecule has 3 rings (SSSR count). The number of benzene rings is 3. The SMILES string of the molecule is C=C/C(F)=C(\F)c1ccc(/C=C/c2ccc(-c3cc(F)c(F)c(F)c3)cc2)cc1. The summed E-state index contributed by atoms with van der Waals surface area (Å²) < 4.78 is 66.8. The zero-order valence-corrected chi connectivity index (χ0v) is 15.1. The molecule has 0 atom stereocenters. The Bertz CT molecular complexity index is 1070. The summed E-state index contributed by atoms with van der Waals surface area (Å²) in [5, 5.41) is 0. The molecule has 0 unspecified atom stereocenters. The van der Waals surface area contributed by atoms with Crippen molar-refractivity contribution in [3.05, 3.63) is 113 Å². The lowest BCUT2D eigenvalue weighted by Crippen LogP contribution is -1.91. The summed E-state index contributed by atoms with van der Waals surface area (Å²) in [6, 6.07) is 14.9. The van der Waals surface area contributed by atoms with Gasteiger partial charge in [0.1, 0.15) is 0 Å². The van der Waals surface area contributed by atoms with Gasteiger partial charge in [0.05, 0.1) is 0 Å². The molecule has 29 heavy (non-hydrogen) atoms. The van der Waals surface area contributed by atoms with Gasteiger partial charge >= 0.3 is 0 Å². The molecule has 0 N–H and O–H groups in total. The summed E-state index contributed by atoms with van der Waals surface area (Å²) in [6.45, 7) is 3.19. The summed E-state index contributed by atoms with van der Waals surface area (Å²) in [7, 11) is 0. The molecule has 0 nitrogen and oxygen atoms in total. The molecule has 0 saturated carbocycles. The largest absolute Gasteiger partial charge is 0.204 e. The molecule has 0 amide bonds. The van der Waals surface area contributed by atoms with Crippen molar-refractivity contribution in [1.29, 1.82) is 0 Å². The molecule has 5 heteroatoms. The summed E-state index contributed by atoms with van der Waals surface area (Å²) in [6.07, 6.45) is 4.38. The summed E-state index contributed by atoms with van der Waals surface area (Å²) in [4.78, 5) is 0. The van der Waals surface area contributed by atoms with Crippen LogP contribution in [0.1, 0.15) is 16.7 Å². The van der Waals surface area contributed by atoms with E-state index in [2.05, 4.69) is 6.58 Å². The van der Waals surface area contributed by atoms with Crippen LogP contribution in [0.2, 0.25) is 0 Å². The Morgan fingerprint density at radius 2 is 1.17 bits per heavy atom. The van der Waals surface area contributed by atoms with E-state index in [1.807, 2.05) is 0 Å². The van der Waals surface area contributed by atoms with E-state index in [4.69, 9.17) is 0 Å². The second kappa shape index (κ2) is 8.69. The van der Waals surface area contributed by atoms with E-state index < -0.39 is 29.1 Å². The van der Waals surface area contributed by atoms with Crippen LogP contribution in [0, 0.1) is 17.5 Å². The van der Waals surface area contributed by atoms with Crippen molar-refractivity contribution in [2.24, 2.45) is 0 Å². The minimum Gasteiger partial charge on any atom is -0.204 e. The Balaban J connectivity index is 1.76. The fourth-order valence-corrected chi connectivity index (χ4v) is 2.67. The predicted molar refractivity (Wildman–Crippen MR) is 106 cm³/mol. The number of rotatable bonds is 5. The van der Waals surface area contributed by atoms with E-state index in [1.54, 1.807) is 48.6 Å². The van der Waals surface area contributed by atoms with Gasteiger partial charge in [0.2, 0.25) is 0 Å². The van der Waals surface area contributed by atoms with Crippen LogP contribution in [0.5, 0.6) is 0 Å². The maximum absolute atomic E-state index is 13.7. The van der Waals surface area contributed by atoms with E-state index in [0.717, 1.165) is 29.3 Å². The first-order valence-electron chi connectivity index (χ1n) is 8.60. The van der Waals surface area contributed by atoms with Crippen molar-refractivity contribution in [2.45, 2.75) is 0 Å². The van der Waals surface area contributed by atoms with E-state index in [9.17, 15) is 22.0 Å². The van der Waals surface area contributed by atoms with Gasteiger partial charge in [-0.15, -0.1) is 0 Å². The minimum absolute atomic E-state index is 0.114. The van der Waals surface area contributed by atoms with Gasteiger partial charge in [0.25, 0.3) is 0 Å². The van der Waals surface area contributed by atoms with Crippen molar-refractivity contribution >= 4 is 18.0 Å². The van der Waals surface area contributed by atoms with Gasteiger partial charge in [0.15, 0.2) is 29.1 Å². The van der Waals surface area contributed by atoms with Crippen molar-refractivity contribution in [3.63, 3.8) is 0 Å². The predicted octanol–water partition coefficient (Wildman–Crippen LogP) is 7.73. The van der Waals surface area contributed by atoms with Crippen LogP contribution in [0.25, 0.3) is 29.1 Å². The molecule has 0 radical (unpaired) electrons. The average Bonchev–Trinajstić information content (AvgIpc) is 2.75. The highest BCUT2D eigenvalue weighted by Gasteiger charge is 2.11. The number of hydrogen-bond donors (Lipinski definition) is 0. The second-order valence-electron chi connectivity index (χ2n) is 6.20. The van der Waals surface area contributed by atoms with Crippen LogP contribution < -0.4 is 0 Å². The Labute approximate surface area is 164 Å². The van der Waals surface area contributed by atoms with Crippen LogP contribution in [-0.2, 0) is 0 Å². The molecule has 3 aromatic carbocycles. The Morgan fingerprint density at radius 3 is 1.66 bits per heavy atom. The molecular weight excluding hydrogens is 383 g/mol. The van der Waals surface area contributed by atoms with Gasteiger partial charge in [-0.25, -0.2) is 22.0 Å². The first-order chi connectivity index (χ1) is 13.9. The molecule has 3 aromatic rings. The quantitative estimate of drug-likeness (QED) is 0.178. The lowest BCUT2D eigenvalue weighted by Gasteiger charge is -2.04. The van der Waals surface area contributed by atoms with E-state index >= 15 is 0 Å². The maximum Gasteiger partial charge on any atom is 0.194 e. The molecule has 0 bridgehead atoms. The minimum atomic E-state index is -1.50. The number of hydrogen-bond acceptors (Lipinski definition) is 0. The van der Waals surface area contributed by atoms with Gasteiger partial charge in [-0.3, -0.25) is 0 Å². The number of allylic oxidation sites excluding steroid dienone is 2. The molecule has 146 valence electrons.